The van der Waals surface area contributed by atoms with E-state index in [9.17, 15) is 9.36 Å². The maximum atomic E-state index is 12.1. The fourth-order valence-corrected chi connectivity index (χ4v) is 2.82. The molecule has 0 spiro atoms. The highest BCUT2D eigenvalue weighted by Gasteiger charge is 2.24. The third-order valence-corrected chi connectivity index (χ3v) is 3.84. The lowest BCUT2D eigenvalue weighted by atomic mass is 10.5. The van der Waals surface area contributed by atoms with Gasteiger partial charge in [0.2, 0.25) is 0 Å². The maximum Gasteiger partial charge on any atom is 0.427 e. The molecule has 0 aliphatic rings. The van der Waals surface area contributed by atoms with Gasteiger partial charge in [-0.2, -0.15) is 5.10 Å². The van der Waals surface area contributed by atoms with Crippen LogP contribution in [0, 0.1) is 0 Å². The van der Waals surface area contributed by atoms with Crippen molar-refractivity contribution >= 4 is 19.4 Å². The Balaban J connectivity index is 4.40. The van der Waals surface area contributed by atoms with E-state index in [-0.39, 0.29) is 26.0 Å². The number of hydrazone groups is 1. The summed E-state index contributed by atoms with van der Waals surface area (Å²) in [6.07, 6.45) is -0.624. The van der Waals surface area contributed by atoms with Gasteiger partial charge >= 0.3 is 13.7 Å². The molecular weight excluding hydrogens is 259 g/mol. The van der Waals surface area contributed by atoms with Crippen LogP contribution in [-0.4, -0.2) is 37.8 Å². The molecule has 18 heavy (non-hydrogen) atoms. The SMILES string of the molecule is CCOC(=O)N/N=C(\C)CP(=O)(OCC)OCC. The van der Waals surface area contributed by atoms with Crippen molar-refractivity contribution in [1.29, 1.82) is 0 Å². The minimum absolute atomic E-state index is 0.0289. The van der Waals surface area contributed by atoms with Crippen LogP contribution in [0.5, 0.6) is 0 Å². The second-order valence-electron chi connectivity index (χ2n) is 3.28. The number of hydrogen-bond acceptors (Lipinski definition) is 6. The summed E-state index contributed by atoms with van der Waals surface area (Å²) in [6, 6.07) is 0. The van der Waals surface area contributed by atoms with E-state index >= 15 is 0 Å². The Morgan fingerprint density at radius 3 is 2.17 bits per heavy atom. The third kappa shape index (κ3) is 7.42. The average molecular weight is 280 g/mol. The molecule has 0 fully saturated rings. The number of rotatable bonds is 8. The third-order valence-electron chi connectivity index (χ3n) is 1.69. The number of nitrogens with zero attached hydrogens (tertiary/aromatic N) is 1. The van der Waals surface area contributed by atoms with Gasteiger partial charge in [0, 0.05) is 5.71 Å². The second-order valence-corrected chi connectivity index (χ2v) is 5.34. The van der Waals surface area contributed by atoms with Crippen LogP contribution in [0.1, 0.15) is 27.7 Å². The zero-order valence-corrected chi connectivity index (χ0v) is 12.2. The van der Waals surface area contributed by atoms with Gasteiger partial charge in [-0.15, -0.1) is 0 Å². The Kier molecular flexibility index (Phi) is 8.62. The molecule has 0 saturated carbocycles. The van der Waals surface area contributed by atoms with Crippen molar-refractivity contribution in [1.82, 2.24) is 5.43 Å². The predicted octanol–water partition coefficient (Wildman–Crippen LogP) is 2.37. The van der Waals surface area contributed by atoms with Crippen molar-refractivity contribution in [3.63, 3.8) is 0 Å². The monoisotopic (exact) mass is 280 g/mol. The summed E-state index contributed by atoms with van der Waals surface area (Å²) in [5.41, 5.74) is 2.62. The summed E-state index contributed by atoms with van der Waals surface area (Å²) in [6.45, 7) is 7.61. The fraction of sp³-hybridized carbons (Fsp3) is 0.800. The van der Waals surface area contributed by atoms with E-state index in [1.54, 1.807) is 27.7 Å². The summed E-state index contributed by atoms with van der Waals surface area (Å²) in [7, 11) is -3.17. The van der Waals surface area contributed by atoms with E-state index < -0.39 is 13.7 Å². The highest BCUT2D eigenvalue weighted by molar-refractivity contribution is 7.54. The van der Waals surface area contributed by atoms with Crippen molar-refractivity contribution in [2.24, 2.45) is 5.10 Å². The Labute approximate surface area is 107 Å². The molecule has 1 N–H and O–H groups in total. The molecule has 0 heterocycles. The molecule has 106 valence electrons. The van der Waals surface area contributed by atoms with Gasteiger partial charge in [0.1, 0.15) is 0 Å². The van der Waals surface area contributed by atoms with Crippen LogP contribution in [0.25, 0.3) is 0 Å². The molecular formula is C10H21N2O5P. The van der Waals surface area contributed by atoms with E-state index in [1.165, 1.54) is 0 Å². The summed E-state index contributed by atoms with van der Waals surface area (Å²) in [5, 5.41) is 3.75. The highest BCUT2D eigenvalue weighted by atomic mass is 31.2. The van der Waals surface area contributed by atoms with Crippen LogP contribution in [-0.2, 0) is 18.3 Å². The zero-order chi connectivity index (χ0) is 14.0. The summed E-state index contributed by atoms with van der Waals surface area (Å²) < 4.78 is 27.0. The lowest BCUT2D eigenvalue weighted by Crippen LogP contribution is -2.21. The molecule has 0 bridgehead atoms. The quantitative estimate of drug-likeness (QED) is 0.419. The molecule has 7 nitrogen and oxygen atoms in total. The average Bonchev–Trinajstić information content (AvgIpc) is 2.27. The molecule has 0 aliphatic carbocycles. The smallest absolute Gasteiger partial charge is 0.427 e. The first-order valence-electron chi connectivity index (χ1n) is 5.81. The standard InChI is InChI=1S/C10H21N2O5P/c1-5-15-10(13)12-11-9(4)8-18(14,16-6-2)17-7-3/h5-8H2,1-4H3,(H,12,13)/b11-9+. The fourth-order valence-electron chi connectivity index (χ4n) is 1.14. The van der Waals surface area contributed by atoms with Crippen molar-refractivity contribution in [2.45, 2.75) is 27.7 Å². The molecule has 0 unspecified atom stereocenters. The number of hydrogen-bond donors (Lipinski definition) is 1. The van der Waals surface area contributed by atoms with Gasteiger partial charge in [-0.1, -0.05) is 0 Å². The predicted molar refractivity (Wildman–Crippen MR) is 69.0 cm³/mol. The number of nitrogens with one attached hydrogen (secondary N) is 1. The molecule has 0 aromatic heterocycles. The largest absolute Gasteiger partial charge is 0.449 e. The first-order chi connectivity index (χ1) is 8.47. The van der Waals surface area contributed by atoms with E-state index in [1.807, 2.05) is 0 Å². The molecule has 0 radical (unpaired) electrons. The van der Waals surface area contributed by atoms with Gasteiger partial charge < -0.3 is 13.8 Å². The number of carbonyl (C=O) groups is 1. The number of carbonyl (C=O) groups excluding carboxylic acids is 1. The minimum atomic E-state index is -3.17. The molecule has 0 aliphatic heterocycles. The molecule has 0 rings (SSSR count). The molecule has 1 amide bonds. The molecule has 0 atom stereocenters. The van der Waals surface area contributed by atoms with Crippen LogP contribution in [0.4, 0.5) is 4.79 Å². The van der Waals surface area contributed by atoms with E-state index in [0.717, 1.165) is 0 Å². The number of amides is 1. The molecule has 0 aromatic carbocycles. The van der Waals surface area contributed by atoms with Gasteiger partial charge in [0.15, 0.2) is 0 Å². The van der Waals surface area contributed by atoms with Crippen LogP contribution in [0.3, 0.4) is 0 Å². The van der Waals surface area contributed by atoms with Gasteiger partial charge in [0.25, 0.3) is 0 Å². The Morgan fingerprint density at radius 2 is 1.72 bits per heavy atom. The van der Waals surface area contributed by atoms with Crippen molar-refractivity contribution in [3.8, 4) is 0 Å². The molecule has 0 saturated heterocycles. The molecule has 0 aromatic rings. The summed E-state index contributed by atoms with van der Waals surface area (Å²) in [5.74, 6) is 0. The van der Waals surface area contributed by atoms with E-state index in [0.29, 0.717) is 5.71 Å². The van der Waals surface area contributed by atoms with E-state index in [2.05, 4.69) is 15.3 Å². The number of ether oxygens (including phenoxy) is 1. The first kappa shape index (κ1) is 17.1. The zero-order valence-electron chi connectivity index (χ0n) is 11.3. The van der Waals surface area contributed by atoms with Crippen molar-refractivity contribution in [3.05, 3.63) is 0 Å². The molecule has 8 heteroatoms. The van der Waals surface area contributed by atoms with Crippen LogP contribution in [0.15, 0.2) is 5.10 Å². The van der Waals surface area contributed by atoms with Crippen LogP contribution in [0.2, 0.25) is 0 Å². The van der Waals surface area contributed by atoms with Crippen molar-refractivity contribution < 1.29 is 23.1 Å². The highest BCUT2D eigenvalue weighted by Crippen LogP contribution is 2.47. The van der Waals surface area contributed by atoms with Crippen LogP contribution >= 0.6 is 7.60 Å². The van der Waals surface area contributed by atoms with Crippen molar-refractivity contribution in [2.75, 3.05) is 26.0 Å². The topological polar surface area (TPSA) is 86.2 Å². The Bertz CT molecular complexity index is 322. The summed E-state index contributed by atoms with van der Waals surface area (Å²) in [4.78, 5) is 11.0. The van der Waals surface area contributed by atoms with Gasteiger partial charge in [-0.05, 0) is 27.7 Å². The normalized spacial score (nSPS) is 12.3. The van der Waals surface area contributed by atoms with Gasteiger partial charge in [0.05, 0.1) is 26.0 Å². The van der Waals surface area contributed by atoms with E-state index in [4.69, 9.17) is 9.05 Å². The lowest BCUT2D eigenvalue weighted by Gasteiger charge is -2.16. The Morgan fingerprint density at radius 1 is 1.17 bits per heavy atom. The van der Waals surface area contributed by atoms with Gasteiger partial charge in [-0.25, -0.2) is 10.2 Å². The maximum absolute atomic E-state index is 12.1. The summed E-state index contributed by atoms with van der Waals surface area (Å²) >= 11 is 0. The lowest BCUT2D eigenvalue weighted by molar-refractivity contribution is 0.152. The second kappa shape index (κ2) is 9.08. The Hall–Kier alpha value is -0.910. The first-order valence-corrected chi connectivity index (χ1v) is 7.54. The minimum Gasteiger partial charge on any atom is -0.449 e. The van der Waals surface area contributed by atoms with Crippen LogP contribution < -0.4 is 5.43 Å². The van der Waals surface area contributed by atoms with Gasteiger partial charge in [-0.3, -0.25) is 4.57 Å².